The Morgan fingerprint density at radius 1 is 1.07 bits per heavy atom. The lowest BCUT2D eigenvalue weighted by Gasteiger charge is -2.24. The number of hydrogen-bond acceptors (Lipinski definition) is 3. The molecule has 0 radical (unpaired) electrons. The van der Waals surface area contributed by atoms with Gasteiger partial charge in [0.2, 0.25) is 5.91 Å². The van der Waals surface area contributed by atoms with Crippen molar-refractivity contribution in [2.75, 3.05) is 18.4 Å². The van der Waals surface area contributed by atoms with Gasteiger partial charge >= 0.3 is 0 Å². The highest BCUT2D eigenvalue weighted by atomic mass is 35.5. The average Bonchev–Trinajstić information content (AvgIpc) is 2.60. The van der Waals surface area contributed by atoms with E-state index in [0.29, 0.717) is 28.8 Å². The minimum Gasteiger partial charge on any atom is -0.322 e. The summed E-state index contributed by atoms with van der Waals surface area (Å²) in [5.74, 6) is -0.128. The lowest BCUT2D eigenvalue weighted by atomic mass is 9.91. The first kappa shape index (κ1) is 22.4. The van der Waals surface area contributed by atoms with Crippen LogP contribution in [0.4, 0.5) is 5.69 Å². The Morgan fingerprint density at radius 3 is 2.21 bits per heavy atom. The predicted molar refractivity (Wildman–Crippen MR) is 117 cm³/mol. The van der Waals surface area contributed by atoms with E-state index in [9.17, 15) is 9.59 Å². The fraction of sp³-hybridized carbons (Fsp3) is 0.364. The Hall–Kier alpha value is -1.88. The van der Waals surface area contributed by atoms with Gasteiger partial charge in [0.05, 0.1) is 22.3 Å². The molecule has 1 N–H and O–H groups in total. The zero-order valence-corrected chi connectivity index (χ0v) is 18.5. The van der Waals surface area contributed by atoms with E-state index in [-0.39, 0.29) is 18.2 Å². The van der Waals surface area contributed by atoms with Crippen molar-refractivity contribution in [1.29, 1.82) is 0 Å². The molecule has 4 nitrogen and oxygen atoms in total. The minimum absolute atomic E-state index is 0.0606. The average molecular weight is 421 g/mol. The Kier molecular flexibility index (Phi) is 7.64. The van der Waals surface area contributed by atoms with E-state index in [1.165, 1.54) is 0 Å². The summed E-state index contributed by atoms with van der Waals surface area (Å²) in [6.07, 6.45) is 0. The number of likely N-dealkylation sites (N-methyl/N-ethyl adjacent to an activating group) is 1. The van der Waals surface area contributed by atoms with Gasteiger partial charge < -0.3 is 5.32 Å². The third-order valence-corrected chi connectivity index (χ3v) is 5.54. The fourth-order valence-electron chi connectivity index (χ4n) is 3.51. The Labute approximate surface area is 176 Å². The molecule has 0 aliphatic rings. The number of amides is 1. The molecule has 0 saturated carbocycles. The van der Waals surface area contributed by atoms with Crippen LogP contribution >= 0.6 is 23.2 Å². The number of para-hydroxylation sites is 1. The third-order valence-electron chi connectivity index (χ3n) is 4.91. The molecule has 0 atom stereocenters. The zero-order valence-electron chi connectivity index (χ0n) is 17.0. The molecule has 0 spiro atoms. The van der Waals surface area contributed by atoms with Crippen molar-refractivity contribution < 1.29 is 9.59 Å². The summed E-state index contributed by atoms with van der Waals surface area (Å²) in [5, 5.41) is 3.60. The minimum atomic E-state index is -0.189. The molecule has 0 unspecified atom stereocenters. The van der Waals surface area contributed by atoms with Crippen LogP contribution in [0.25, 0.3) is 0 Å². The molecule has 0 heterocycles. The van der Waals surface area contributed by atoms with E-state index in [4.69, 9.17) is 23.2 Å². The van der Waals surface area contributed by atoms with Crippen LogP contribution in [-0.2, 0) is 11.3 Å². The number of nitrogens with zero attached hydrogens (tertiary/aromatic N) is 1. The van der Waals surface area contributed by atoms with Crippen molar-refractivity contribution in [1.82, 2.24) is 4.90 Å². The van der Waals surface area contributed by atoms with E-state index in [1.54, 1.807) is 25.1 Å². The van der Waals surface area contributed by atoms with E-state index in [2.05, 4.69) is 5.32 Å². The largest absolute Gasteiger partial charge is 0.322 e. The van der Waals surface area contributed by atoms with Gasteiger partial charge in [-0.1, -0.05) is 42.3 Å². The van der Waals surface area contributed by atoms with Crippen LogP contribution in [0.2, 0.25) is 10.0 Å². The number of hydrogen-bond donors (Lipinski definition) is 1. The molecular weight excluding hydrogens is 395 g/mol. The van der Waals surface area contributed by atoms with Gasteiger partial charge in [-0.15, -0.1) is 0 Å². The lowest BCUT2D eigenvalue weighted by Crippen LogP contribution is -2.33. The number of ketones is 1. The molecule has 6 heteroatoms. The first-order valence-corrected chi connectivity index (χ1v) is 9.98. The van der Waals surface area contributed by atoms with Crippen LogP contribution in [0.3, 0.4) is 0 Å². The molecular formula is C22H26Cl2N2O2. The Morgan fingerprint density at radius 2 is 1.68 bits per heavy atom. The fourth-order valence-corrected chi connectivity index (χ4v) is 4.01. The van der Waals surface area contributed by atoms with Gasteiger partial charge in [-0.3, -0.25) is 14.5 Å². The summed E-state index contributed by atoms with van der Waals surface area (Å²) in [4.78, 5) is 26.6. The number of anilines is 1. The van der Waals surface area contributed by atoms with Crippen LogP contribution in [0, 0.1) is 20.8 Å². The van der Waals surface area contributed by atoms with E-state index >= 15 is 0 Å². The summed E-state index contributed by atoms with van der Waals surface area (Å²) >= 11 is 12.3. The van der Waals surface area contributed by atoms with Crippen LogP contribution in [0.15, 0.2) is 24.3 Å². The number of rotatable bonds is 7. The number of nitrogens with one attached hydrogen (secondary N) is 1. The number of halogens is 2. The second-order valence-corrected chi connectivity index (χ2v) is 7.81. The van der Waals surface area contributed by atoms with E-state index < -0.39 is 0 Å². The maximum atomic E-state index is 12.6. The second-order valence-electron chi connectivity index (χ2n) is 6.99. The van der Waals surface area contributed by atoms with Crippen molar-refractivity contribution in [3.05, 3.63) is 62.1 Å². The summed E-state index contributed by atoms with van der Waals surface area (Å²) in [6.45, 7) is 11.0. The van der Waals surface area contributed by atoms with Gasteiger partial charge in [0, 0.05) is 12.1 Å². The number of aryl methyl sites for hydroxylation is 2. The lowest BCUT2D eigenvalue weighted by molar-refractivity contribution is -0.117. The molecule has 2 aromatic carbocycles. The molecule has 0 aliphatic carbocycles. The molecule has 2 aromatic rings. The van der Waals surface area contributed by atoms with Crippen molar-refractivity contribution >= 4 is 40.6 Å². The Balaban J connectivity index is 2.20. The highest BCUT2D eigenvalue weighted by Gasteiger charge is 2.18. The van der Waals surface area contributed by atoms with Gasteiger partial charge in [0.1, 0.15) is 0 Å². The summed E-state index contributed by atoms with van der Waals surface area (Å²) in [7, 11) is 0. The van der Waals surface area contributed by atoms with E-state index in [1.807, 2.05) is 38.7 Å². The molecule has 0 bridgehead atoms. The topological polar surface area (TPSA) is 49.4 Å². The van der Waals surface area contributed by atoms with Crippen molar-refractivity contribution in [3.63, 3.8) is 0 Å². The highest BCUT2D eigenvalue weighted by Crippen LogP contribution is 2.30. The smallest absolute Gasteiger partial charge is 0.238 e. The molecule has 2 rings (SSSR count). The number of carbonyl (C=O) groups excluding carboxylic acids is 2. The first-order valence-electron chi connectivity index (χ1n) is 9.22. The normalized spacial score (nSPS) is 11.0. The second kappa shape index (κ2) is 9.55. The molecule has 28 heavy (non-hydrogen) atoms. The maximum absolute atomic E-state index is 12.6. The van der Waals surface area contributed by atoms with Gasteiger partial charge in [-0.05, 0) is 68.6 Å². The summed E-state index contributed by atoms with van der Waals surface area (Å²) < 4.78 is 0. The van der Waals surface area contributed by atoms with Crippen LogP contribution in [0.1, 0.15) is 46.5 Å². The Bertz CT molecular complexity index is 890. The van der Waals surface area contributed by atoms with Crippen molar-refractivity contribution in [2.24, 2.45) is 0 Å². The first-order chi connectivity index (χ1) is 13.1. The van der Waals surface area contributed by atoms with Crippen LogP contribution in [0.5, 0.6) is 0 Å². The number of Topliss-reactive ketones (excluding diaryl/α,β-unsaturated/α-hetero) is 1. The van der Waals surface area contributed by atoms with Gasteiger partial charge in [0.25, 0.3) is 0 Å². The van der Waals surface area contributed by atoms with Crippen molar-refractivity contribution in [2.45, 2.75) is 41.2 Å². The van der Waals surface area contributed by atoms with Crippen LogP contribution in [-0.4, -0.2) is 29.7 Å². The molecule has 0 aliphatic heterocycles. The van der Waals surface area contributed by atoms with Gasteiger partial charge in [0.15, 0.2) is 5.78 Å². The molecule has 0 saturated heterocycles. The molecule has 1 amide bonds. The number of carbonyl (C=O) groups is 2. The molecule has 0 fully saturated rings. The highest BCUT2D eigenvalue weighted by molar-refractivity contribution is 6.39. The zero-order chi connectivity index (χ0) is 21.0. The van der Waals surface area contributed by atoms with E-state index in [0.717, 1.165) is 27.8 Å². The summed E-state index contributed by atoms with van der Waals surface area (Å²) in [5.41, 5.74) is 5.37. The molecule has 150 valence electrons. The van der Waals surface area contributed by atoms with Crippen LogP contribution < -0.4 is 5.32 Å². The standard InChI is InChI=1S/C22H26Cl2N2O2/c1-6-26(12-20(28)25-22-18(23)8-7-9-19(22)24)11-17-13(2)10-14(3)21(15(17)4)16(5)27/h7-10H,6,11-12H2,1-5H3,(H,25,28). The SMILES string of the molecule is CCN(CC(=O)Nc1c(Cl)cccc1Cl)Cc1c(C)cc(C)c(C(C)=O)c1C. The predicted octanol–water partition coefficient (Wildman–Crippen LogP) is 5.58. The number of benzene rings is 2. The molecule has 0 aromatic heterocycles. The van der Waals surface area contributed by atoms with Gasteiger partial charge in [-0.25, -0.2) is 0 Å². The quantitative estimate of drug-likeness (QED) is 0.594. The van der Waals surface area contributed by atoms with Gasteiger partial charge in [-0.2, -0.15) is 0 Å². The third kappa shape index (κ3) is 5.13. The van der Waals surface area contributed by atoms with Crippen molar-refractivity contribution in [3.8, 4) is 0 Å². The maximum Gasteiger partial charge on any atom is 0.238 e. The monoisotopic (exact) mass is 420 g/mol. The summed E-state index contributed by atoms with van der Waals surface area (Å²) in [6, 6.07) is 7.14.